The van der Waals surface area contributed by atoms with Crippen LogP contribution in [0.15, 0.2) is 91.0 Å². The number of esters is 4. The summed E-state index contributed by atoms with van der Waals surface area (Å²) in [5, 5.41) is 0. The molecule has 3 aromatic rings. The van der Waals surface area contributed by atoms with Crippen LogP contribution in [0.4, 0.5) is 0 Å². The van der Waals surface area contributed by atoms with Crippen molar-refractivity contribution in [3.05, 3.63) is 108 Å². The van der Waals surface area contributed by atoms with Crippen molar-refractivity contribution in [1.82, 2.24) is 0 Å². The van der Waals surface area contributed by atoms with Gasteiger partial charge in [-0.3, -0.25) is 0 Å². The van der Waals surface area contributed by atoms with Gasteiger partial charge in [-0.15, -0.1) is 0 Å². The maximum Gasteiger partial charge on any atom is 0.338 e. The maximum absolute atomic E-state index is 13.1. The van der Waals surface area contributed by atoms with Crippen LogP contribution in [0.2, 0.25) is 0 Å². The van der Waals surface area contributed by atoms with E-state index in [0.29, 0.717) is 11.1 Å². The Balaban J connectivity index is 1.60. The van der Waals surface area contributed by atoms with Crippen molar-refractivity contribution in [2.45, 2.75) is 31.5 Å². The standard InChI is InChI=1S/C31H30O10/c1-20-26(40-29(34)22-14-8-4-9-15-22)24(18-37-28(33)21-12-6-3-7-13-21)39-31(38-19-25(32)36-2)27(20)41-30(35)23-16-10-5-11-17-23/h3-17,20,24,26-27,31H,18-19H2,1-2H3/t20-,24?,26+,27?,31+/m0/s1. The second kappa shape index (κ2) is 14.2. The fourth-order valence-corrected chi connectivity index (χ4v) is 4.27. The van der Waals surface area contributed by atoms with Crippen molar-refractivity contribution in [1.29, 1.82) is 0 Å². The average molecular weight is 563 g/mol. The summed E-state index contributed by atoms with van der Waals surface area (Å²) in [4.78, 5) is 50.6. The first kappa shape index (κ1) is 29.4. The maximum atomic E-state index is 13.1. The molecule has 0 spiro atoms. The Morgan fingerprint density at radius 1 is 0.683 bits per heavy atom. The molecule has 1 fully saturated rings. The number of carbonyl (C=O) groups excluding carboxylic acids is 4. The van der Waals surface area contributed by atoms with E-state index in [9.17, 15) is 19.2 Å². The molecule has 0 amide bonds. The summed E-state index contributed by atoms with van der Waals surface area (Å²) in [5.74, 6) is -3.32. The lowest BCUT2D eigenvalue weighted by atomic mass is 9.90. The first-order chi connectivity index (χ1) is 19.9. The molecule has 1 heterocycles. The van der Waals surface area contributed by atoms with Gasteiger partial charge < -0.3 is 28.4 Å². The topological polar surface area (TPSA) is 124 Å². The van der Waals surface area contributed by atoms with Crippen LogP contribution in [0.1, 0.15) is 38.0 Å². The first-order valence-corrected chi connectivity index (χ1v) is 13.0. The van der Waals surface area contributed by atoms with Crippen LogP contribution < -0.4 is 0 Å². The van der Waals surface area contributed by atoms with Crippen LogP contribution in [-0.2, 0) is 33.2 Å². The number of ether oxygens (including phenoxy) is 6. The molecule has 0 saturated carbocycles. The minimum absolute atomic E-state index is 0.281. The minimum Gasteiger partial charge on any atom is -0.467 e. The fourth-order valence-electron chi connectivity index (χ4n) is 4.27. The van der Waals surface area contributed by atoms with Crippen molar-refractivity contribution in [2.75, 3.05) is 20.3 Å². The zero-order valence-corrected chi connectivity index (χ0v) is 22.5. The van der Waals surface area contributed by atoms with Gasteiger partial charge in [-0.2, -0.15) is 0 Å². The van der Waals surface area contributed by atoms with E-state index in [1.54, 1.807) is 97.9 Å². The highest BCUT2D eigenvalue weighted by Crippen LogP contribution is 2.33. The van der Waals surface area contributed by atoms with Crippen LogP contribution in [0, 0.1) is 5.92 Å². The van der Waals surface area contributed by atoms with E-state index in [1.165, 1.54) is 7.11 Å². The molecule has 5 atom stereocenters. The second-order valence-corrected chi connectivity index (χ2v) is 9.23. The van der Waals surface area contributed by atoms with Gasteiger partial charge in [0.15, 0.2) is 12.4 Å². The Bertz CT molecular complexity index is 1310. The molecule has 1 aliphatic heterocycles. The Kier molecular flexibility index (Phi) is 10.2. The third kappa shape index (κ3) is 7.77. The van der Waals surface area contributed by atoms with Crippen molar-refractivity contribution >= 4 is 23.9 Å². The number of rotatable bonds is 10. The second-order valence-electron chi connectivity index (χ2n) is 9.23. The lowest BCUT2D eigenvalue weighted by molar-refractivity contribution is -0.285. The molecule has 10 nitrogen and oxygen atoms in total. The Morgan fingerprint density at radius 2 is 1.15 bits per heavy atom. The predicted octanol–water partition coefficient (Wildman–Crippen LogP) is 3.85. The Hall–Kier alpha value is -4.54. The largest absolute Gasteiger partial charge is 0.467 e. The number of benzene rings is 3. The molecule has 1 aliphatic rings. The molecule has 4 rings (SSSR count). The average Bonchev–Trinajstić information content (AvgIpc) is 3.02. The number of carbonyl (C=O) groups is 4. The van der Waals surface area contributed by atoms with E-state index < -0.39 is 61.0 Å². The molecule has 0 radical (unpaired) electrons. The van der Waals surface area contributed by atoms with Crippen LogP contribution in [0.25, 0.3) is 0 Å². The molecule has 0 aromatic heterocycles. The van der Waals surface area contributed by atoms with Crippen molar-refractivity contribution in [3.63, 3.8) is 0 Å². The van der Waals surface area contributed by atoms with Gasteiger partial charge in [0, 0.05) is 5.92 Å². The van der Waals surface area contributed by atoms with E-state index in [0.717, 1.165) is 0 Å². The highest BCUT2D eigenvalue weighted by atomic mass is 16.7. The van der Waals surface area contributed by atoms with Crippen LogP contribution in [-0.4, -0.2) is 68.8 Å². The Labute approximate surface area is 237 Å². The molecule has 3 aromatic carbocycles. The molecular formula is C31H30O10. The van der Waals surface area contributed by atoms with Gasteiger partial charge >= 0.3 is 23.9 Å². The van der Waals surface area contributed by atoms with Crippen LogP contribution in [0.3, 0.4) is 0 Å². The summed E-state index contributed by atoms with van der Waals surface area (Å²) < 4.78 is 33.6. The highest BCUT2D eigenvalue weighted by Gasteiger charge is 2.49. The third-order valence-electron chi connectivity index (χ3n) is 6.47. The summed E-state index contributed by atoms with van der Waals surface area (Å²) in [5.41, 5.74) is 0.895. The van der Waals surface area contributed by atoms with Crippen molar-refractivity contribution in [3.8, 4) is 0 Å². The van der Waals surface area contributed by atoms with Crippen LogP contribution >= 0.6 is 0 Å². The van der Waals surface area contributed by atoms with E-state index in [-0.39, 0.29) is 12.2 Å². The fraction of sp³-hybridized carbons (Fsp3) is 0.290. The van der Waals surface area contributed by atoms with Crippen LogP contribution in [0.5, 0.6) is 0 Å². The number of methoxy groups -OCH3 is 1. The van der Waals surface area contributed by atoms with E-state index in [4.69, 9.17) is 23.7 Å². The molecule has 0 N–H and O–H groups in total. The molecule has 0 aliphatic carbocycles. The van der Waals surface area contributed by atoms with Gasteiger partial charge in [0.1, 0.15) is 25.4 Å². The lowest BCUT2D eigenvalue weighted by Gasteiger charge is -2.43. The normalized spacial score (nSPS) is 21.8. The monoisotopic (exact) mass is 562 g/mol. The van der Waals surface area contributed by atoms with Gasteiger partial charge in [0.2, 0.25) is 0 Å². The first-order valence-electron chi connectivity index (χ1n) is 13.0. The van der Waals surface area contributed by atoms with Crippen molar-refractivity contribution < 1.29 is 47.6 Å². The molecule has 2 unspecified atom stereocenters. The molecule has 1 saturated heterocycles. The van der Waals surface area contributed by atoms with E-state index >= 15 is 0 Å². The van der Waals surface area contributed by atoms with E-state index in [2.05, 4.69) is 4.74 Å². The van der Waals surface area contributed by atoms with Gasteiger partial charge in [-0.1, -0.05) is 61.5 Å². The molecule has 41 heavy (non-hydrogen) atoms. The van der Waals surface area contributed by atoms with Gasteiger partial charge in [0.05, 0.1) is 23.8 Å². The number of hydrogen-bond donors (Lipinski definition) is 0. The SMILES string of the molecule is COC(=O)CO[C@@H]1OC(COC(=O)c2ccccc2)[C@H](OC(=O)c2ccccc2)[C@H](C)C1OC(=O)c1ccccc1. The minimum atomic E-state index is -1.27. The smallest absolute Gasteiger partial charge is 0.338 e. The summed E-state index contributed by atoms with van der Waals surface area (Å²) in [7, 11) is 1.20. The van der Waals surface area contributed by atoms with Gasteiger partial charge in [-0.25, -0.2) is 19.2 Å². The molecular weight excluding hydrogens is 532 g/mol. The predicted molar refractivity (Wildman–Crippen MR) is 144 cm³/mol. The summed E-state index contributed by atoms with van der Waals surface area (Å²) in [6, 6.07) is 25.0. The van der Waals surface area contributed by atoms with Crippen molar-refractivity contribution in [2.24, 2.45) is 5.92 Å². The molecule has 10 heteroatoms. The van der Waals surface area contributed by atoms with Gasteiger partial charge in [-0.05, 0) is 36.4 Å². The third-order valence-corrected chi connectivity index (χ3v) is 6.47. The molecule has 0 bridgehead atoms. The summed E-state index contributed by atoms with van der Waals surface area (Å²) in [6.45, 7) is 0.870. The Morgan fingerprint density at radius 3 is 1.63 bits per heavy atom. The molecule has 214 valence electrons. The lowest BCUT2D eigenvalue weighted by Crippen LogP contribution is -2.58. The van der Waals surface area contributed by atoms with E-state index in [1.807, 2.05) is 0 Å². The zero-order valence-electron chi connectivity index (χ0n) is 22.5. The highest BCUT2D eigenvalue weighted by molar-refractivity contribution is 5.90. The number of hydrogen-bond acceptors (Lipinski definition) is 10. The summed E-state index contributed by atoms with van der Waals surface area (Å²) >= 11 is 0. The van der Waals surface area contributed by atoms with Gasteiger partial charge in [0.25, 0.3) is 0 Å². The quantitative estimate of drug-likeness (QED) is 0.266. The summed E-state index contributed by atoms with van der Waals surface area (Å²) in [6.07, 6.45) is -4.44. The zero-order chi connectivity index (χ0) is 29.2.